The van der Waals surface area contributed by atoms with Crippen LogP contribution in [0.2, 0.25) is 0 Å². The molecule has 8 heteroatoms. The van der Waals surface area contributed by atoms with Crippen molar-refractivity contribution in [1.29, 1.82) is 0 Å². The molecule has 4 rings (SSSR count). The highest BCUT2D eigenvalue weighted by Crippen LogP contribution is 2.32. The molecule has 0 saturated heterocycles. The van der Waals surface area contributed by atoms with Gasteiger partial charge in [-0.3, -0.25) is 9.59 Å². The van der Waals surface area contributed by atoms with Gasteiger partial charge in [-0.15, -0.1) is 11.3 Å². The normalized spacial score (nSPS) is 12.1. The summed E-state index contributed by atoms with van der Waals surface area (Å²) in [5, 5.41) is 5.20. The van der Waals surface area contributed by atoms with Gasteiger partial charge in [-0.1, -0.05) is 49.0 Å². The Balaban J connectivity index is 1.59. The maximum atomic E-state index is 13.2. The van der Waals surface area contributed by atoms with Crippen LogP contribution in [0.4, 0.5) is 10.1 Å². The number of thioether (sulfide) groups is 1. The lowest BCUT2D eigenvalue weighted by Gasteiger charge is -2.14. The molecular formula is C22H18FN3O2S2. The van der Waals surface area contributed by atoms with Crippen LogP contribution in [0.15, 0.2) is 69.9 Å². The van der Waals surface area contributed by atoms with E-state index in [2.05, 4.69) is 15.3 Å². The summed E-state index contributed by atoms with van der Waals surface area (Å²) in [5.41, 5.74) is 1.92. The number of hydrogen-bond acceptors (Lipinski definition) is 5. The molecule has 1 atom stereocenters. The van der Waals surface area contributed by atoms with E-state index in [9.17, 15) is 14.0 Å². The number of carbonyl (C=O) groups is 1. The monoisotopic (exact) mass is 439 g/mol. The average Bonchev–Trinajstić information content (AvgIpc) is 3.18. The lowest BCUT2D eigenvalue weighted by molar-refractivity contribution is -0.115. The van der Waals surface area contributed by atoms with Crippen molar-refractivity contribution < 1.29 is 9.18 Å². The fourth-order valence-corrected chi connectivity index (χ4v) is 4.93. The van der Waals surface area contributed by atoms with E-state index in [-0.39, 0.29) is 17.3 Å². The van der Waals surface area contributed by atoms with Gasteiger partial charge in [0.05, 0.1) is 10.6 Å². The van der Waals surface area contributed by atoms with Gasteiger partial charge in [0.15, 0.2) is 5.16 Å². The van der Waals surface area contributed by atoms with Gasteiger partial charge >= 0.3 is 0 Å². The third-order valence-corrected chi connectivity index (χ3v) is 6.66. The fraction of sp³-hybridized carbons (Fsp3) is 0.136. The number of fused-ring (bicyclic) bond motifs is 1. The molecule has 2 N–H and O–H groups in total. The number of para-hydroxylation sites is 1. The number of aromatic amines is 1. The standard InChI is InChI=1S/C22H18FN3O2S2/c1-2-17(19(27)24-15-6-4-3-5-7-15)30-22-25-20(28)18-16(12-29-21(18)26-22)13-8-10-14(23)11-9-13/h3-12,17H,2H2,1H3,(H,24,27)(H,25,26,28). The smallest absolute Gasteiger partial charge is 0.260 e. The topological polar surface area (TPSA) is 74.8 Å². The van der Waals surface area contributed by atoms with Gasteiger partial charge in [-0.2, -0.15) is 0 Å². The fourth-order valence-electron chi connectivity index (χ4n) is 3.03. The zero-order chi connectivity index (χ0) is 21.1. The molecule has 5 nitrogen and oxygen atoms in total. The molecule has 0 aliphatic rings. The first-order valence-electron chi connectivity index (χ1n) is 9.35. The number of rotatable bonds is 6. The van der Waals surface area contributed by atoms with Crippen molar-refractivity contribution in [2.24, 2.45) is 0 Å². The summed E-state index contributed by atoms with van der Waals surface area (Å²) in [4.78, 5) is 33.3. The Morgan fingerprint density at radius 3 is 2.63 bits per heavy atom. The van der Waals surface area contributed by atoms with Crippen LogP contribution >= 0.6 is 23.1 Å². The minimum Gasteiger partial charge on any atom is -0.325 e. The molecule has 2 aromatic carbocycles. The van der Waals surface area contributed by atoms with E-state index < -0.39 is 5.25 Å². The Morgan fingerprint density at radius 1 is 1.20 bits per heavy atom. The first-order valence-corrected chi connectivity index (χ1v) is 11.1. The molecular weight excluding hydrogens is 421 g/mol. The molecule has 30 heavy (non-hydrogen) atoms. The predicted molar refractivity (Wildman–Crippen MR) is 121 cm³/mol. The number of anilines is 1. The molecule has 0 spiro atoms. The van der Waals surface area contributed by atoms with Crippen molar-refractivity contribution in [1.82, 2.24) is 9.97 Å². The van der Waals surface area contributed by atoms with Crippen LogP contribution in [0.3, 0.4) is 0 Å². The first-order chi connectivity index (χ1) is 14.5. The van der Waals surface area contributed by atoms with E-state index in [1.165, 1.54) is 35.2 Å². The van der Waals surface area contributed by atoms with E-state index in [4.69, 9.17) is 0 Å². The maximum absolute atomic E-state index is 13.2. The largest absolute Gasteiger partial charge is 0.325 e. The summed E-state index contributed by atoms with van der Waals surface area (Å²) in [7, 11) is 0. The number of benzene rings is 2. The third-order valence-electron chi connectivity index (χ3n) is 4.54. The Kier molecular flexibility index (Phi) is 5.96. The van der Waals surface area contributed by atoms with Crippen LogP contribution < -0.4 is 10.9 Å². The highest BCUT2D eigenvalue weighted by molar-refractivity contribution is 8.00. The van der Waals surface area contributed by atoms with Gasteiger partial charge in [0.2, 0.25) is 5.91 Å². The average molecular weight is 440 g/mol. The number of amides is 1. The Bertz CT molecular complexity index is 1240. The molecule has 2 heterocycles. The van der Waals surface area contributed by atoms with Crippen molar-refractivity contribution in [3.63, 3.8) is 0 Å². The minimum atomic E-state index is -0.401. The number of nitrogens with one attached hydrogen (secondary N) is 2. The first kappa shape index (κ1) is 20.3. The van der Waals surface area contributed by atoms with Crippen LogP contribution in [0, 0.1) is 5.82 Å². The highest BCUT2D eigenvalue weighted by atomic mass is 32.2. The quantitative estimate of drug-likeness (QED) is 0.316. The van der Waals surface area contributed by atoms with Gasteiger partial charge in [-0.05, 0) is 36.2 Å². The summed E-state index contributed by atoms with van der Waals surface area (Å²) in [6, 6.07) is 15.2. The number of halogens is 1. The van der Waals surface area contributed by atoms with Crippen molar-refractivity contribution in [2.45, 2.75) is 23.8 Å². The Labute approximate surface area is 180 Å². The molecule has 152 valence electrons. The molecule has 1 amide bonds. The van der Waals surface area contributed by atoms with Crippen LogP contribution in [0.5, 0.6) is 0 Å². The molecule has 1 unspecified atom stereocenters. The summed E-state index contributed by atoms with van der Waals surface area (Å²) in [5.74, 6) is -0.474. The SMILES string of the molecule is CCC(Sc1nc2scc(-c3ccc(F)cc3)c2c(=O)[nH]1)C(=O)Nc1ccccc1. The molecule has 0 bridgehead atoms. The molecule has 4 aromatic rings. The van der Waals surface area contributed by atoms with Crippen LogP contribution in [0.1, 0.15) is 13.3 Å². The molecule has 0 aliphatic heterocycles. The second-order valence-corrected chi connectivity index (χ2v) is 8.63. The van der Waals surface area contributed by atoms with Crippen molar-refractivity contribution in [3.05, 3.63) is 76.1 Å². The molecule has 0 saturated carbocycles. The number of aromatic nitrogens is 2. The molecule has 0 radical (unpaired) electrons. The molecule has 0 aliphatic carbocycles. The summed E-state index contributed by atoms with van der Waals surface area (Å²) in [6.07, 6.45) is 0.580. The van der Waals surface area contributed by atoms with Crippen molar-refractivity contribution in [3.8, 4) is 11.1 Å². The van der Waals surface area contributed by atoms with Gasteiger partial charge in [0, 0.05) is 16.6 Å². The lowest BCUT2D eigenvalue weighted by atomic mass is 10.1. The zero-order valence-corrected chi connectivity index (χ0v) is 17.6. The second kappa shape index (κ2) is 8.81. The van der Waals surface area contributed by atoms with Crippen LogP contribution in [0.25, 0.3) is 21.3 Å². The van der Waals surface area contributed by atoms with Gasteiger partial charge in [0.1, 0.15) is 10.6 Å². The summed E-state index contributed by atoms with van der Waals surface area (Å²) >= 11 is 2.58. The maximum Gasteiger partial charge on any atom is 0.260 e. The Morgan fingerprint density at radius 2 is 1.93 bits per heavy atom. The van der Waals surface area contributed by atoms with E-state index in [0.717, 1.165) is 11.3 Å². The number of thiophene rings is 1. The number of carbonyl (C=O) groups excluding carboxylic acids is 1. The van der Waals surface area contributed by atoms with Crippen molar-refractivity contribution in [2.75, 3.05) is 5.32 Å². The summed E-state index contributed by atoms with van der Waals surface area (Å²) < 4.78 is 13.2. The van der Waals surface area contributed by atoms with Crippen molar-refractivity contribution >= 4 is 44.9 Å². The predicted octanol–water partition coefficient (Wildman–Crippen LogP) is 5.30. The minimum absolute atomic E-state index is 0.144. The third kappa shape index (κ3) is 4.29. The van der Waals surface area contributed by atoms with E-state index in [0.29, 0.717) is 27.4 Å². The van der Waals surface area contributed by atoms with E-state index in [1.54, 1.807) is 12.1 Å². The number of H-pyrrole nitrogens is 1. The molecule has 2 aromatic heterocycles. The van der Waals surface area contributed by atoms with Gasteiger partial charge < -0.3 is 10.3 Å². The van der Waals surface area contributed by atoms with Crippen LogP contribution in [-0.4, -0.2) is 21.1 Å². The van der Waals surface area contributed by atoms with E-state index >= 15 is 0 Å². The summed E-state index contributed by atoms with van der Waals surface area (Å²) in [6.45, 7) is 1.91. The Hall–Kier alpha value is -2.97. The zero-order valence-electron chi connectivity index (χ0n) is 16.0. The lowest BCUT2D eigenvalue weighted by Crippen LogP contribution is -2.25. The number of hydrogen-bond donors (Lipinski definition) is 2. The van der Waals surface area contributed by atoms with Crippen LogP contribution in [-0.2, 0) is 4.79 Å². The second-order valence-electron chi connectivity index (χ2n) is 6.58. The highest BCUT2D eigenvalue weighted by Gasteiger charge is 2.21. The molecule has 0 fully saturated rings. The van der Waals surface area contributed by atoms with E-state index in [1.807, 2.05) is 42.6 Å². The van der Waals surface area contributed by atoms with Gasteiger partial charge in [-0.25, -0.2) is 9.37 Å². The number of nitrogens with zero attached hydrogens (tertiary/aromatic N) is 1. The van der Waals surface area contributed by atoms with Gasteiger partial charge in [0.25, 0.3) is 5.56 Å².